The van der Waals surface area contributed by atoms with Crippen LogP contribution in [-0.4, -0.2) is 57.1 Å². The van der Waals surface area contributed by atoms with Crippen LogP contribution in [0.3, 0.4) is 0 Å². The van der Waals surface area contributed by atoms with Crippen LogP contribution in [0.5, 0.6) is 0 Å². The lowest BCUT2D eigenvalue weighted by atomic mass is 10.0. The van der Waals surface area contributed by atoms with E-state index in [1.54, 1.807) is 0 Å². The van der Waals surface area contributed by atoms with E-state index in [4.69, 9.17) is 19.7 Å². The number of nitrogens with zero attached hydrogens (tertiary/aromatic N) is 3. The van der Waals surface area contributed by atoms with Gasteiger partial charge in [-0.25, -0.2) is 4.98 Å². The summed E-state index contributed by atoms with van der Waals surface area (Å²) in [5, 5.41) is 9.62. The van der Waals surface area contributed by atoms with Crippen LogP contribution in [0.1, 0.15) is 110 Å². The van der Waals surface area contributed by atoms with Crippen molar-refractivity contribution in [2.75, 3.05) is 32.1 Å². The lowest BCUT2D eigenvalue weighted by molar-refractivity contribution is -0.213. The number of nitrogens with one attached hydrogen (secondary N) is 1. The maximum atomic E-state index is 12.2. The van der Waals surface area contributed by atoms with Gasteiger partial charge >= 0.3 is 0 Å². The summed E-state index contributed by atoms with van der Waals surface area (Å²) in [5.74, 6) is -0.0808. The van der Waals surface area contributed by atoms with Crippen LogP contribution in [0, 0.1) is 0 Å². The molecule has 2 atom stereocenters. The Morgan fingerprint density at radius 3 is 2.12 bits per heavy atom. The van der Waals surface area contributed by atoms with Crippen molar-refractivity contribution in [1.82, 2.24) is 19.5 Å². The van der Waals surface area contributed by atoms with E-state index >= 15 is 0 Å². The quantitative estimate of drug-likeness (QED) is 0.0768. The normalized spacial score (nSPS) is 14.0. The van der Waals surface area contributed by atoms with Crippen molar-refractivity contribution in [3.8, 4) is 0 Å². The minimum absolute atomic E-state index is 0.0125. The molecule has 0 saturated heterocycles. The molecule has 2 rings (SSSR count). The number of aliphatic hydroxyl groups excluding tert-OH is 1. The molecule has 2 heterocycles. The van der Waals surface area contributed by atoms with Gasteiger partial charge in [-0.3, -0.25) is 9.78 Å². The third-order valence-corrected chi connectivity index (χ3v) is 8.00. The number of imidazole rings is 1. The molecule has 0 aliphatic carbocycles. The Bertz CT molecular complexity index is 1060. The van der Waals surface area contributed by atoms with Gasteiger partial charge in [0.05, 0.1) is 25.6 Å². The van der Waals surface area contributed by atoms with Gasteiger partial charge in [-0.05, 0) is 6.42 Å². The van der Waals surface area contributed by atoms with Crippen molar-refractivity contribution in [3.63, 3.8) is 0 Å². The molecular formula is C28H51N5O7P-. The summed E-state index contributed by atoms with van der Waals surface area (Å²) in [7, 11) is -4.33. The smallest absolute Gasteiger partial charge is 0.280 e. The predicted molar refractivity (Wildman–Crippen MR) is 158 cm³/mol. The zero-order valence-corrected chi connectivity index (χ0v) is 25.7. The number of anilines is 1. The molecule has 0 spiro atoms. The lowest BCUT2D eigenvalue weighted by Crippen LogP contribution is -2.26. The Morgan fingerprint density at radius 2 is 1.56 bits per heavy atom. The molecule has 13 heteroatoms. The van der Waals surface area contributed by atoms with Gasteiger partial charge in [0, 0.05) is 6.61 Å². The highest BCUT2D eigenvalue weighted by Crippen LogP contribution is 2.37. The van der Waals surface area contributed by atoms with Crippen LogP contribution in [0.4, 0.5) is 5.95 Å². The van der Waals surface area contributed by atoms with Gasteiger partial charge in [-0.1, -0.05) is 103 Å². The van der Waals surface area contributed by atoms with Gasteiger partial charge in [-0.2, -0.15) is 4.98 Å². The SMILES string of the molecule is CCCCCCCCCCCCCCCCCCOCOP(=O)([O-])CO[C@H](CO)Cn1cnc2c(=O)[nH]c(N)nc21. The number of unbranched alkanes of at least 4 members (excludes halogenated alkanes) is 15. The summed E-state index contributed by atoms with van der Waals surface area (Å²) in [4.78, 5) is 34.4. The first-order valence-corrected chi connectivity index (χ1v) is 17.0. The first-order valence-electron chi connectivity index (χ1n) is 15.3. The van der Waals surface area contributed by atoms with Crippen molar-refractivity contribution in [3.05, 3.63) is 16.7 Å². The minimum Gasteiger partial charge on any atom is -0.777 e. The van der Waals surface area contributed by atoms with E-state index in [1.165, 1.54) is 94.4 Å². The fraction of sp³-hybridized carbons (Fsp3) is 0.821. The number of nitrogens with two attached hydrogens (primary N) is 1. The maximum Gasteiger partial charge on any atom is 0.280 e. The number of aliphatic hydroxyl groups is 1. The molecule has 0 bridgehead atoms. The number of hydrogen-bond donors (Lipinski definition) is 3. The molecule has 2 aromatic heterocycles. The summed E-state index contributed by atoms with van der Waals surface area (Å²) in [5.41, 5.74) is 5.37. The number of hydrogen-bond acceptors (Lipinski definition) is 10. The first kappa shape index (κ1) is 35.4. The Balaban J connectivity index is 1.44. The Labute approximate surface area is 243 Å². The molecule has 0 amide bonds. The van der Waals surface area contributed by atoms with Gasteiger partial charge in [0.1, 0.15) is 6.35 Å². The third kappa shape index (κ3) is 15.3. The van der Waals surface area contributed by atoms with E-state index in [0.717, 1.165) is 19.3 Å². The fourth-order valence-corrected chi connectivity index (χ4v) is 5.35. The predicted octanol–water partition coefficient (Wildman–Crippen LogP) is 4.84. The molecule has 0 fully saturated rings. The maximum absolute atomic E-state index is 12.2. The molecule has 0 aromatic carbocycles. The summed E-state index contributed by atoms with van der Waals surface area (Å²) in [6, 6.07) is 0. The van der Waals surface area contributed by atoms with Gasteiger partial charge in [0.2, 0.25) is 5.95 Å². The van der Waals surface area contributed by atoms with Crippen molar-refractivity contribution in [1.29, 1.82) is 0 Å². The third-order valence-electron chi connectivity index (χ3n) is 7.04. The second kappa shape index (κ2) is 21.0. The van der Waals surface area contributed by atoms with Crippen molar-refractivity contribution in [2.24, 2.45) is 0 Å². The van der Waals surface area contributed by atoms with Gasteiger partial charge < -0.3 is 38.9 Å². The Hall–Kier alpha value is -1.82. The number of aromatic amines is 1. The van der Waals surface area contributed by atoms with Crippen LogP contribution >= 0.6 is 7.60 Å². The van der Waals surface area contributed by atoms with Crippen molar-refractivity contribution >= 4 is 24.7 Å². The van der Waals surface area contributed by atoms with Gasteiger partial charge in [-0.15, -0.1) is 0 Å². The lowest BCUT2D eigenvalue weighted by Gasteiger charge is -2.25. The van der Waals surface area contributed by atoms with Crippen LogP contribution in [0.25, 0.3) is 11.2 Å². The molecule has 0 aliphatic rings. The summed E-state index contributed by atoms with van der Waals surface area (Å²) in [6.45, 7) is 1.87. The van der Waals surface area contributed by atoms with E-state index in [2.05, 4.69) is 21.9 Å². The van der Waals surface area contributed by atoms with Crippen molar-refractivity contribution in [2.45, 2.75) is 122 Å². The largest absolute Gasteiger partial charge is 0.777 e. The first-order chi connectivity index (χ1) is 19.9. The molecule has 1 unspecified atom stereocenters. The fourth-order valence-electron chi connectivity index (χ4n) is 4.65. The van der Waals surface area contributed by atoms with E-state index in [9.17, 15) is 19.4 Å². The summed E-state index contributed by atoms with van der Waals surface area (Å²) < 4.78 is 29.1. The second-order valence-corrected chi connectivity index (χ2v) is 12.4. The zero-order valence-electron chi connectivity index (χ0n) is 24.8. The number of nitrogen functional groups attached to an aromatic ring is 1. The average Bonchev–Trinajstić information content (AvgIpc) is 3.34. The molecule has 4 N–H and O–H groups in total. The Kier molecular flexibility index (Phi) is 18.1. The zero-order chi connectivity index (χ0) is 29.8. The number of H-pyrrole nitrogens is 1. The van der Waals surface area contributed by atoms with Gasteiger partial charge in [0.25, 0.3) is 5.56 Å². The summed E-state index contributed by atoms with van der Waals surface area (Å²) in [6.07, 6.45) is 20.3. The molecule has 236 valence electrons. The molecule has 0 saturated carbocycles. The molecule has 41 heavy (non-hydrogen) atoms. The number of rotatable bonds is 26. The second-order valence-electron chi connectivity index (χ2n) is 10.7. The topological polar surface area (TPSA) is 178 Å². The standard InChI is InChI=1S/C28H52N5O7P/c1-2-3-4-5-6-7-8-9-10-11-12-13-14-15-16-17-18-38-22-40-41(36,37)23-39-24(20-34)19-33-21-30-25-26(33)31-28(29)32-27(25)35/h21,24,34H,2-20,22-23H2,1H3,(H,36,37)(H3,29,31,32,35)/p-1/t24-/m0/s1. The highest BCUT2D eigenvalue weighted by Gasteiger charge is 2.17. The monoisotopic (exact) mass is 600 g/mol. The highest BCUT2D eigenvalue weighted by molar-refractivity contribution is 7.51. The van der Waals surface area contributed by atoms with Crippen LogP contribution in [0.2, 0.25) is 0 Å². The van der Waals surface area contributed by atoms with Gasteiger partial charge in [0.15, 0.2) is 25.6 Å². The molecular weight excluding hydrogens is 549 g/mol. The van der Waals surface area contributed by atoms with Crippen molar-refractivity contribution < 1.29 is 28.6 Å². The minimum atomic E-state index is -4.33. The van der Waals surface area contributed by atoms with E-state index in [1.807, 2.05) is 0 Å². The van der Waals surface area contributed by atoms with E-state index < -0.39 is 32.2 Å². The number of ether oxygens (including phenoxy) is 2. The van der Waals surface area contributed by atoms with E-state index in [-0.39, 0.29) is 30.4 Å². The molecule has 2 aromatic rings. The molecule has 0 radical (unpaired) electrons. The molecule has 0 aliphatic heterocycles. The number of fused-ring (bicyclic) bond motifs is 1. The average molecular weight is 601 g/mol. The number of aromatic nitrogens is 4. The van der Waals surface area contributed by atoms with Crippen LogP contribution in [0.15, 0.2) is 11.1 Å². The van der Waals surface area contributed by atoms with Crippen LogP contribution in [-0.2, 0) is 25.1 Å². The van der Waals surface area contributed by atoms with E-state index in [0.29, 0.717) is 6.61 Å². The Morgan fingerprint density at radius 1 is 1.00 bits per heavy atom. The summed E-state index contributed by atoms with van der Waals surface area (Å²) >= 11 is 0. The highest BCUT2D eigenvalue weighted by atomic mass is 31.2. The van der Waals surface area contributed by atoms with Crippen LogP contribution < -0.4 is 16.2 Å². The molecule has 12 nitrogen and oxygen atoms in total.